The van der Waals surface area contributed by atoms with Gasteiger partial charge in [0.15, 0.2) is 0 Å². The number of aliphatic hydroxyl groups is 2. The molecule has 2 N–H and O–H groups in total. The summed E-state index contributed by atoms with van der Waals surface area (Å²) in [6.07, 6.45) is 4.79. The highest BCUT2D eigenvalue weighted by Crippen LogP contribution is 2.08. The number of ether oxygens (including phenoxy) is 3. The van der Waals surface area contributed by atoms with Gasteiger partial charge in [0.2, 0.25) is 0 Å². The number of epoxide rings is 1. The molecule has 144 valence electrons. The fourth-order valence-electron chi connectivity index (χ4n) is 0.602. The maximum Gasteiger partial charge on any atom is 0.330 e. The number of rotatable bonds is 6. The van der Waals surface area contributed by atoms with Crippen molar-refractivity contribution in [2.45, 2.75) is 33.8 Å². The first-order chi connectivity index (χ1) is 11.5. The van der Waals surface area contributed by atoms with Gasteiger partial charge in [0.1, 0.15) is 12.7 Å². The summed E-state index contributed by atoms with van der Waals surface area (Å²) in [5.74, 6) is -0.384. The van der Waals surface area contributed by atoms with Crippen molar-refractivity contribution in [3.63, 3.8) is 0 Å². The van der Waals surface area contributed by atoms with Gasteiger partial charge in [-0.3, -0.25) is 0 Å². The van der Waals surface area contributed by atoms with Crippen molar-refractivity contribution in [1.29, 1.82) is 0 Å². The number of carbonyl (C=O) groups is 1. The quantitative estimate of drug-likeness (QED) is 0.332. The van der Waals surface area contributed by atoms with Gasteiger partial charge >= 0.3 is 5.97 Å². The molecule has 0 amide bonds. The molecule has 0 aliphatic carbocycles. The van der Waals surface area contributed by atoms with Crippen LogP contribution in [0.5, 0.6) is 0 Å². The maximum absolute atomic E-state index is 10.3. The second-order valence-corrected chi connectivity index (χ2v) is 3.83. The zero-order valence-corrected chi connectivity index (χ0v) is 15.7. The molecule has 0 bridgehead atoms. The average molecular weight is 348 g/mol. The third-order valence-electron chi connectivity index (χ3n) is 1.49. The summed E-state index contributed by atoms with van der Waals surface area (Å²) in [5.41, 5.74) is 0. The highest BCUT2D eigenvalue weighted by atomic mass is 16.6. The molecule has 6 heteroatoms. The molecule has 1 aliphatic heterocycles. The molecule has 0 spiro atoms. The van der Waals surface area contributed by atoms with E-state index in [-0.39, 0.29) is 25.3 Å². The van der Waals surface area contributed by atoms with Crippen molar-refractivity contribution in [3.8, 4) is 0 Å². The van der Waals surface area contributed by atoms with Crippen molar-refractivity contribution in [2.75, 3.05) is 39.6 Å². The molecule has 24 heavy (non-hydrogen) atoms. The average Bonchev–Trinajstić information content (AvgIpc) is 3.40. The minimum Gasteiger partial charge on any atom is -0.460 e. The van der Waals surface area contributed by atoms with Gasteiger partial charge in [0, 0.05) is 19.3 Å². The molecule has 1 aliphatic rings. The minimum absolute atomic E-state index is 0.125. The van der Waals surface area contributed by atoms with E-state index in [0.29, 0.717) is 13.2 Å². The second-order valence-electron chi connectivity index (χ2n) is 3.83. The first kappa shape index (κ1) is 30.4. The van der Waals surface area contributed by atoms with E-state index in [4.69, 9.17) is 19.7 Å². The lowest BCUT2D eigenvalue weighted by Crippen LogP contribution is -2.06. The van der Waals surface area contributed by atoms with Crippen LogP contribution in [0.25, 0.3) is 0 Å². The van der Waals surface area contributed by atoms with Crippen LogP contribution in [0.4, 0.5) is 0 Å². The lowest BCUT2D eigenvalue weighted by molar-refractivity contribution is -0.138. The molecule has 0 aromatic heterocycles. The monoisotopic (exact) mass is 348 g/mol. The van der Waals surface area contributed by atoms with E-state index in [9.17, 15) is 4.79 Å². The lowest BCUT2D eigenvalue weighted by Gasteiger charge is -1.94. The summed E-state index contributed by atoms with van der Waals surface area (Å²) in [7, 11) is 0. The molecule has 0 aromatic rings. The molecule has 1 saturated heterocycles. The van der Waals surface area contributed by atoms with Crippen LogP contribution in [-0.2, 0) is 19.0 Å². The molecule has 0 radical (unpaired) electrons. The zero-order valence-electron chi connectivity index (χ0n) is 15.7. The number of carbonyl (C=O) groups excluding carboxylic acids is 1. The van der Waals surface area contributed by atoms with Crippen LogP contribution in [0.3, 0.4) is 0 Å². The third-order valence-corrected chi connectivity index (χ3v) is 1.49. The summed E-state index contributed by atoms with van der Waals surface area (Å²) < 4.78 is 14.3. The van der Waals surface area contributed by atoms with E-state index < -0.39 is 0 Å². The summed E-state index contributed by atoms with van der Waals surface area (Å²) in [4.78, 5) is 10.3. The van der Waals surface area contributed by atoms with E-state index in [0.717, 1.165) is 19.3 Å². The van der Waals surface area contributed by atoms with Crippen LogP contribution in [0, 0.1) is 0 Å². The van der Waals surface area contributed by atoms with Gasteiger partial charge in [0.25, 0.3) is 0 Å². The van der Waals surface area contributed by atoms with Gasteiger partial charge in [-0.15, -0.1) is 13.2 Å². The number of hydrogen-bond donors (Lipinski definition) is 2. The largest absolute Gasteiger partial charge is 0.460 e. The van der Waals surface area contributed by atoms with Crippen molar-refractivity contribution in [1.82, 2.24) is 0 Å². The maximum atomic E-state index is 10.3. The molecular formula is C18H36O6. The van der Waals surface area contributed by atoms with E-state index in [1.54, 1.807) is 12.2 Å². The Balaban J connectivity index is -0.000000115. The highest BCUT2D eigenvalue weighted by molar-refractivity contribution is 5.81. The van der Waals surface area contributed by atoms with E-state index in [2.05, 4.69) is 24.5 Å². The fourth-order valence-corrected chi connectivity index (χ4v) is 0.602. The van der Waals surface area contributed by atoms with Crippen molar-refractivity contribution in [2.24, 2.45) is 0 Å². The Kier molecular flexibility index (Phi) is 42.1. The third kappa shape index (κ3) is 58.9. The van der Waals surface area contributed by atoms with Gasteiger partial charge < -0.3 is 24.4 Å². The SMILES string of the molecule is C=CC.C=CC.C=CC(=O)OCC1CO1.CCOCC.OCCO. The molecule has 6 nitrogen and oxygen atoms in total. The van der Waals surface area contributed by atoms with Crippen LogP contribution >= 0.6 is 0 Å². The smallest absolute Gasteiger partial charge is 0.330 e. The van der Waals surface area contributed by atoms with Crippen LogP contribution in [-0.4, -0.2) is 61.9 Å². The fraction of sp³-hybridized carbons (Fsp3) is 0.611. The molecule has 0 aromatic carbocycles. The molecule has 0 saturated carbocycles. The predicted octanol–water partition coefficient (Wildman–Crippen LogP) is 2.51. The number of hydrogen-bond acceptors (Lipinski definition) is 6. The summed E-state index contributed by atoms with van der Waals surface area (Å²) in [6, 6.07) is 0. The second kappa shape index (κ2) is 33.2. The molecule has 1 rings (SSSR count). The number of esters is 1. The van der Waals surface area contributed by atoms with Crippen LogP contribution in [0.2, 0.25) is 0 Å². The lowest BCUT2D eigenvalue weighted by atomic mass is 10.5. The van der Waals surface area contributed by atoms with Crippen LogP contribution in [0.15, 0.2) is 38.0 Å². The van der Waals surface area contributed by atoms with E-state index in [1.165, 1.54) is 0 Å². The Morgan fingerprint density at radius 1 is 1.12 bits per heavy atom. The standard InChI is InChI=1S/C6H8O3.C4H10O.2C3H6.C2H6O2/c1-2-6(7)9-4-5-3-8-5;1-3-5-4-2;2*1-3-2;3-1-2-4/h2,5H,1,3-4H2;3-4H2,1-2H3;2*3H,1H2,2H3;3-4H,1-2H2. The highest BCUT2D eigenvalue weighted by Gasteiger charge is 2.23. The van der Waals surface area contributed by atoms with Crippen molar-refractivity contribution < 1.29 is 29.2 Å². The zero-order chi connectivity index (χ0) is 19.6. The van der Waals surface area contributed by atoms with E-state index in [1.807, 2.05) is 27.7 Å². The predicted molar refractivity (Wildman–Crippen MR) is 99.0 cm³/mol. The molecule has 1 fully saturated rings. The van der Waals surface area contributed by atoms with Gasteiger partial charge in [-0.05, 0) is 27.7 Å². The topological polar surface area (TPSA) is 88.5 Å². The Morgan fingerprint density at radius 3 is 1.67 bits per heavy atom. The Morgan fingerprint density at radius 2 is 1.50 bits per heavy atom. The first-order valence-corrected chi connectivity index (χ1v) is 7.83. The summed E-state index contributed by atoms with van der Waals surface area (Å²) >= 11 is 0. The van der Waals surface area contributed by atoms with Gasteiger partial charge in [0.05, 0.1) is 19.8 Å². The van der Waals surface area contributed by atoms with Crippen LogP contribution < -0.4 is 0 Å². The Hall–Kier alpha value is -1.47. The number of allylic oxidation sites excluding steroid dienone is 2. The van der Waals surface area contributed by atoms with Crippen molar-refractivity contribution >= 4 is 5.97 Å². The molecule has 1 atom stereocenters. The van der Waals surface area contributed by atoms with Gasteiger partial charge in [-0.25, -0.2) is 4.79 Å². The Bertz CT molecular complexity index is 252. The van der Waals surface area contributed by atoms with Gasteiger partial charge in [-0.2, -0.15) is 0 Å². The van der Waals surface area contributed by atoms with Gasteiger partial charge in [-0.1, -0.05) is 18.7 Å². The van der Waals surface area contributed by atoms with Crippen molar-refractivity contribution in [3.05, 3.63) is 38.0 Å². The molecular weight excluding hydrogens is 312 g/mol. The summed E-state index contributed by atoms with van der Waals surface area (Å²) in [6.45, 7) is 20.2. The normalized spacial score (nSPS) is 12.7. The minimum atomic E-state index is -0.384. The molecule has 1 heterocycles. The number of aliphatic hydroxyl groups excluding tert-OH is 2. The summed E-state index contributed by atoms with van der Waals surface area (Å²) in [5, 5.41) is 15.2. The Labute approximate surface area is 147 Å². The first-order valence-electron chi connectivity index (χ1n) is 7.83. The van der Waals surface area contributed by atoms with E-state index >= 15 is 0 Å². The molecule has 1 unspecified atom stereocenters. The van der Waals surface area contributed by atoms with Crippen LogP contribution in [0.1, 0.15) is 27.7 Å².